The molecule has 2 N–H and O–H groups in total. The molecule has 188 valence electrons. The first kappa shape index (κ1) is 22.9. The Bertz CT molecular complexity index is 1430. The summed E-state index contributed by atoms with van der Waals surface area (Å²) in [6.45, 7) is 1.17. The van der Waals surface area contributed by atoms with Gasteiger partial charge in [0.05, 0.1) is 30.6 Å². The topological polar surface area (TPSA) is 108 Å². The maximum Gasteiger partial charge on any atom is 0.257 e. The highest BCUT2D eigenvalue weighted by Gasteiger charge is 2.33. The van der Waals surface area contributed by atoms with Gasteiger partial charge in [0.2, 0.25) is 0 Å². The average molecular weight is 494 g/mol. The van der Waals surface area contributed by atoms with E-state index in [2.05, 4.69) is 31.5 Å². The van der Waals surface area contributed by atoms with Gasteiger partial charge in [-0.25, -0.2) is 14.4 Å². The van der Waals surface area contributed by atoms with Crippen LogP contribution in [0.15, 0.2) is 36.8 Å². The van der Waals surface area contributed by atoms with E-state index < -0.39 is 12.2 Å². The molecular formula is C25H28FN7O3. The van der Waals surface area contributed by atoms with Crippen LogP contribution < -0.4 is 10.6 Å². The van der Waals surface area contributed by atoms with E-state index in [1.54, 1.807) is 24.9 Å². The van der Waals surface area contributed by atoms with Crippen molar-refractivity contribution in [1.29, 1.82) is 0 Å². The molecule has 5 heterocycles. The zero-order valence-electron chi connectivity index (χ0n) is 20.1. The molecule has 0 bridgehead atoms. The summed E-state index contributed by atoms with van der Waals surface area (Å²) in [5, 5.41) is 11.2. The molecule has 1 aliphatic carbocycles. The molecule has 2 aliphatic rings. The Balaban J connectivity index is 1.47. The summed E-state index contributed by atoms with van der Waals surface area (Å²) in [5.41, 5.74) is 3.09. The molecule has 6 rings (SSSR count). The number of alkyl halides is 1. The Morgan fingerprint density at radius 1 is 1.28 bits per heavy atom. The number of anilines is 1. The first-order valence-corrected chi connectivity index (χ1v) is 12.2. The maximum absolute atomic E-state index is 13.8. The third kappa shape index (κ3) is 3.70. The number of aromatic nitrogens is 5. The molecule has 1 saturated carbocycles. The average Bonchev–Trinajstić information content (AvgIpc) is 3.52. The van der Waals surface area contributed by atoms with Gasteiger partial charge in [-0.15, -0.1) is 0 Å². The third-order valence-electron chi connectivity index (χ3n) is 7.27. The lowest BCUT2D eigenvalue weighted by molar-refractivity contribution is -0.0592. The maximum atomic E-state index is 13.8. The van der Waals surface area contributed by atoms with Crippen LogP contribution in [0.2, 0.25) is 0 Å². The molecule has 1 aliphatic heterocycles. The minimum Gasteiger partial charge on any atom is -0.379 e. The molecule has 2 fully saturated rings. The second-order valence-corrected chi connectivity index (χ2v) is 9.27. The van der Waals surface area contributed by atoms with Gasteiger partial charge < -0.3 is 24.7 Å². The van der Waals surface area contributed by atoms with Gasteiger partial charge in [-0.05, 0) is 31.4 Å². The van der Waals surface area contributed by atoms with Crippen molar-refractivity contribution >= 4 is 28.4 Å². The second kappa shape index (κ2) is 9.14. The van der Waals surface area contributed by atoms with Gasteiger partial charge in [0.25, 0.3) is 5.91 Å². The molecule has 11 heteroatoms. The summed E-state index contributed by atoms with van der Waals surface area (Å²) in [6, 6.07) is 5.42. The van der Waals surface area contributed by atoms with E-state index in [0.717, 1.165) is 23.0 Å². The fourth-order valence-electron chi connectivity index (χ4n) is 5.09. The van der Waals surface area contributed by atoms with E-state index in [1.807, 2.05) is 18.2 Å². The lowest BCUT2D eigenvalue weighted by Gasteiger charge is -2.31. The normalized spacial score (nSPS) is 24.1. The van der Waals surface area contributed by atoms with Gasteiger partial charge in [0.15, 0.2) is 5.65 Å². The van der Waals surface area contributed by atoms with Gasteiger partial charge in [0, 0.05) is 50.2 Å². The van der Waals surface area contributed by atoms with Crippen molar-refractivity contribution in [3.63, 3.8) is 0 Å². The lowest BCUT2D eigenvalue weighted by Crippen LogP contribution is -2.48. The summed E-state index contributed by atoms with van der Waals surface area (Å²) in [6.07, 6.45) is 6.11. The van der Waals surface area contributed by atoms with E-state index in [-0.39, 0.29) is 18.1 Å². The Hall–Kier alpha value is -3.57. The highest BCUT2D eigenvalue weighted by atomic mass is 19.1. The molecule has 0 aromatic carbocycles. The van der Waals surface area contributed by atoms with E-state index in [1.165, 1.54) is 6.20 Å². The summed E-state index contributed by atoms with van der Waals surface area (Å²) < 4.78 is 28.9. The number of ether oxygens (including phenoxy) is 2. The SMILES string of the molecule is CNc1cc(-c2cn([C@H]3CCOC[C@@H]3OC)c3ncccc23)nc2c(C(=O)N[C@@H]3CC[C@@H]3F)cnn12. The molecule has 10 nitrogen and oxygen atoms in total. The van der Waals surface area contributed by atoms with Crippen molar-refractivity contribution in [1.82, 2.24) is 29.5 Å². The summed E-state index contributed by atoms with van der Waals surface area (Å²) in [4.78, 5) is 22.5. The Morgan fingerprint density at radius 3 is 2.92 bits per heavy atom. The van der Waals surface area contributed by atoms with Crippen LogP contribution in [0, 0.1) is 0 Å². The van der Waals surface area contributed by atoms with Crippen LogP contribution in [0.5, 0.6) is 0 Å². The van der Waals surface area contributed by atoms with Crippen LogP contribution in [0.25, 0.3) is 27.9 Å². The molecule has 1 saturated heterocycles. The van der Waals surface area contributed by atoms with Crippen LogP contribution in [-0.2, 0) is 9.47 Å². The minimum absolute atomic E-state index is 0.0647. The zero-order chi connectivity index (χ0) is 24.8. The lowest BCUT2D eigenvalue weighted by atomic mass is 9.90. The summed E-state index contributed by atoms with van der Waals surface area (Å²) >= 11 is 0. The van der Waals surface area contributed by atoms with Crippen LogP contribution in [0.4, 0.5) is 10.2 Å². The fraction of sp³-hybridized carbons (Fsp3) is 0.440. The third-order valence-corrected chi connectivity index (χ3v) is 7.27. The van der Waals surface area contributed by atoms with Gasteiger partial charge in [-0.3, -0.25) is 4.79 Å². The minimum atomic E-state index is -1.01. The van der Waals surface area contributed by atoms with E-state index in [4.69, 9.17) is 14.5 Å². The van der Waals surface area contributed by atoms with Crippen molar-refractivity contribution in [2.75, 3.05) is 32.7 Å². The highest BCUT2D eigenvalue weighted by molar-refractivity contribution is 6.01. The number of methoxy groups -OCH3 is 1. The van der Waals surface area contributed by atoms with Gasteiger partial charge in [0.1, 0.15) is 29.3 Å². The Morgan fingerprint density at radius 2 is 2.17 bits per heavy atom. The molecule has 4 aromatic rings. The van der Waals surface area contributed by atoms with Gasteiger partial charge in [-0.2, -0.15) is 9.61 Å². The summed E-state index contributed by atoms with van der Waals surface area (Å²) in [7, 11) is 3.49. The quantitative estimate of drug-likeness (QED) is 0.425. The summed E-state index contributed by atoms with van der Waals surface area (Å²) in [5.74, 6) is 0.296. The number of rotatable bonds is 6. The molecule has 0 unspecified atom stereocenters. The number of nitrogens with zero attached hydrogens (tertiary/aromatic N) is 5. The van der Waals surface area contributed by atoms with Crippen molar-refractivity contribution in [2.45, 2.75) is 43.6 Å². The van der Waals surface area contributed by atoms with E-state index in [9.17, 15) is 9.18 Å². The van der Waals surface area contributed by atoms with E-state index in [0.29, 0.717) is 48.8 Å². The standard InChI is InChI=1S/C25H28FN7O3/c1-27-22-10-19(30-24-15(11-29-33(22)24)25(34)31-18-6-5-17(18)26)16-12-32(23-14(16)4-3-8-28-23)20-7-9-36-13-21(20)35-2/h3-4,8,10-12,17-18,20-21,27H,5-7,9,13H2,1-2H3,(H,31,34)/t17-,18+,20-,21-/m0/s1. The molecule has 4 aromatic heterocycles. The first-order chi connectivity index (χ1) is 17.6. The number of nitrogens with one attached hydrogen (secondary N) is 2. The number of hydrogen-bond acceptors (Lipinski definition) is 7. The van der Waals surface area contributed by atoms with Crippen LogP contribution in [-0.4, -0.2) is 75.7 Å². The Kier molecular flexibility index (Phi) is 5.81. The monoisotopic (exact) mass is 493 g/mol. The number of pyridine rings is 1. The largest absolute Gasteiger partial charge is 0.379 e. The van der Waals surface area contributed by atoms with Crippen molar-refractivity contribution < 1.29 is 18.7 Å². The fourth-order valence-corrected chi connectivity index (χ4v) is 5.09. The van der Waals surface area contributed by atoms with Crippen molar-refractivity contribution in [3.8, 4) is 11.3 Å². The zero-order valence-corrected chi connectivity index (χ0v) is 20.1. The predicted octanol–water partition coefficient (Wildman–Crippen LogP) is 2.99. The first-order valence-electron chi connectivity index (χ1n) is 12.2. The smallest absolute Gasteiger partial charge is 0.257 e. The number of carbonyl (C=O) groups is 1. The number of amides is 1. The van der Waals surface area contributed by atoms with Crippen LogP contribution >= 0.6 is 0 Å². The molecule has 4 atom stereocenters. The molecule has 36 heavy (non-hydrogen) atoms. The van der Waals surface area contributed by atoms with Crippen LogP contribution in [0.1, 0.15) is 35.7 Å². The predicted molar refractivity (Wildman–Crippen MR) is 132 cm³/mol. The number of halogens is 1. The molecular weight excluding hydrogens is 465 g/mol. The Labute approximate surface area is 206 Å². The number of hydrogen-bond donors (Lipinski definition) is 2. The van der Waals surface area contributed by atoms with Gasteiger partial charge >= 0.3 is 0 Å². The van der Waals surface area contributed by atoms with E-state index >= 15 is 0 Å². The number of fused-ring (bicyclic) bond motifs is 2. The highest BCUT2D eigenvalue weighted by Crippen LogP contribution is 2.35. The van der Waals surface area contributed by atoms with Crippen molar-refractivity contribution in [3.05, 3.63) is 42.4 Å². The number of carbonyl (C=O) groups excluding carboxylic acids is 1. The molecule has 1 amide bonds. The van der Waals surface area contributed by atoms with Crippen molar-refractivity contribution in [2.24, 2.45) is 0 Å². The molecule has 0 radical (unpaired) electrons. The van der Waals surface area contributed by atoms with Crippen LogP contribution in [0.3, 0.4) is 0 Å². The van der Waals surface area contributed by atoms with Gasteiger partial charge in [-0.1, -0.05) is 0 Å². The molecule has 0 spiro atoms. The second-order valence-electron chi connectivity index (χ2n) is 9.27.